The monoisotopic (exact) mass is 390 g/mol. The van der Waals surface area contributed by atoms with Crippen LogP contribution in [-0.4, -0.2) is 20.6 Å². The number of hydrogen-bond acceptors (Lipinski definition) is 4. The van der Waals surface area contributed by atoms with Crippen molar-refractivity contribution in [1.29, 1.82) is 10.5 Å². The number of aromatic nitrogens is 2. The topological polar surface area (TPSA) is 103 Å². The maximum absolute atomic E-state index is 11.6. The molecule has 0 spiro atoms. The van der Waals surface area contributed by atoms with Crippen molar-refractivity contribution in [1.82, 2.24) is 9.55 Å². The van der Waals surface area contributed by atoms with E-state index in [1.807, 2.05) is 18.4 Å². The van der Waals surface area contributed by atoms with Gasteiger partial charge in [0, 0.05) is 23.1 Å². The SMILES string of the molecule is Cc1c(C#N)c(-c2ccc(C#N)cc2)c(C)n1Cc1ncc(Cl)cc1C(=O)O. The van der Waals surface area contributed by atoms with Crippen molar-refractivity contribution in [2.24, 2.45) is 0 Å². The summed E-state index contributed by atoms with van der Waals surface area (Å²) in [6.07, 6.45) is 1.41. The zero-order valence-corrected chi connectivity index (χ0v) is 15.9. The maximum Gasteiger partial charge on any atom is 0.337 e. The smallest absolute Gasteiger partial charge is 0.337 e. The molecule has 138 valence electrons. The molecule has 0 amide bonds. The molecule has 28 heavy (non-hydrogen) atoms. The average Bonchev–Trinajstić information content (AvgIpc) is 2.93. The van der Waals surface area contributed by atoms with Crippen molar-refractivity contribution < 1.29 is 9.90 Å². The highest BCUT2D eigenvalue weighted by atomic mass is 35.5. The molecule has 0 radical (unpaired) electrons. The molecule has 3 rings (SSSR count). The third kappa shape index (κ3) is 3.34. The van der Waals surface area contributed by atoms with E-state index in [0.717, 1.165) is 16.8 Å². The number of halogens is 1. The van der Waals surface area contributed by atoms with Gasteiger partial charge in [-0.05, 0) is 37.6 Å². The van der Waals surface area contributed by atoms with Crippen LogP contribution < -0.4 is 0 Å². The third-order valence-electron chi connectivity index (χ3n) is 4.67. The summed E-state index contributed by atoms with van der Waals surface area (Å²) in [4.78, 5) is 15.7. The quantitative estimate of drug-likeness (QED) is 0.714. The minimum absolute atomic E-state index is 0.0263. The largest absolute Gasteiger partial charge is 0.478 e. The molecule has 3 aromatic rings. The van der Waals surface area contributed by atoms with Crippen LogP contribution in [0, 0.1) is 36.5 Å². The molecule has 0 aliphatic rings. The van der Waals surface area contributed by atoms with Gasteiger partial charge in [-0.25, -0.2) is 4.79 Å². The zero-order valence-electron chi connectivity index (χ0n) is 15.2. The van der Waals surface area contributed by atoms with E-state index in [2.05, 4.69) is 17.1 Å². The molecule has 0 aliphatic heterocycles. The van der Waals surface area contributed by atoms with Crippen molar-refractivity contribution in [3.8, 4) is 23.3 Å². The number of aromatic carboxylic acids is 1. The molecular formula is C21H15ClN4O2. The number of carbonyl (C=O) groups is 1. The molecule has 0 unspecified atom stereocenters. The summed E-state index contributed by atoms with van der Waals surface area (Å²) >= 11 is 5.88. The molecule has 0 fully saturated rings. The van der Waals surface area contributed by atoms with Crippen molar-refractivity contribution in [2.45, 2.75) is 20.4 Å². The number of hydrogen-bond donors (Lipinski definition) is 1. The highest BCUT2D eigenvalue weighted by Gasteiger charge is 2.21. The van der Waals surface area contributed by atoms with Gasteiger partial charge >= 0.3 is 5.97 Å². The number of carboxylic acids is 1. The predicted octanol–water partition coefficient (Wildman–Crippen LogP) is 4.31. The number of nitriles is 2. The summed E-state index contributed by atoms with van der Waals surface area (Å²) in [7, 11) is 0. The average molecular weight is 391 g/mol. The van der Waals surface area contributed by atoms with Crippen LogP contribution in [0.3, 0.4) is 0 Å². The molecule has 0 bridgehead atoms. The van der Waals surface area contributed by atoms with Gasteiger partial charge in [0.2, 0.25) is 0 Å². The lowest BCUT2D eigenvalue weighted by atomic mass is 10.0. The van der Waals surface area contributed by atoms with E-state index in [4.69, 9.17) is 16.9 Å². The van der Waals surface area contributed by atoms with Gasteiger partial charge in [0.25, 0.3) is 0 Å². The van der Waals surface area contributed by atoms with Gasteiger partial charge in [-0.2, -0.15) is 10.5 Å². The highest BCUT2D eigenvalue weighted by molar-refractivity contribution is 6.30. The minimum atomic E-state index is -1.11. The van der Waals surface area contributed by atoms with Gasteiger partial charge in [0.15, 0.2) is 0 Å². The fourth-order valence-corrected chi connectivity index (χ4v) is 3.41. The number of nitrogens with zero attached hydrogens (tertiary/aromatic N) is 4. The third-order valence-corrected chi connectivity index (χ3v) is 4.88. The Labute approximate surface area is 166 Å². The maximum atomic E-state index is 11.6. The highest BCUT2D eigenvalue weighted by Crippen LogP contribution is 2.33. The van der Waals surface area contributed by atoms with Crippen LogP contribution in [0.1, 0.15) is 38.6 Å². The van der Waals surface area contributed by atoms with E-state index in [0.29, 0.717) is 22.5 Å². The fourth-order valence-electron chi connectivity index (χ4n) is 3.25. The van der Waals surface area contributed by atoms with Crippen LogP contribution in [0.4, 0.5) is 0 Å². The van der Waals surface area contributed by atoms with Crippen molar-refractivity contribution >= 4 is 17.6 Å². The second-order valence-corrected chi connectivity index (χ2v) is 6.70. The minimum Gasteiger partial charge on any atom is -0.478 e. The van der Waals surface area contributed by atoms with Crippen molar-refractivity contribution in [3.63, 3.8) is 0 Å². The van der Waals surface area contributed by atoms with E-state index in [1.165, 1.54) is 12.3 Å². The molecule has 2 heterocycles. The molecule has 6 nitrogen and oxygen atoms in total. The molecule has 0 atom stereocenters. The Hall–Kier alpha value is -3.61. The summed E-state index contributed by atoms with van der Waals surface area (Å²) in [5.41, 5.74) is 4.53. The summed E-state index contributed by atoms with van der Waals surface area (Å²) in [5.74, 6) is -1.11. The lowest BCUT2D eigenvalue weighted by molar-refractivity contribution is 0.0695. The van der Waals surface area contributed by atoms with Gasteiger partial charge in [-0.15, -0.1) is 0 Å². The first kappa shape index (κ1) is 19.2. The van der Waals surface area contributed by atoms with Gasteiger partial charge < -0.3 is 9.67 Å². The fraction of sp³-hybridized carbons (Fsp3) is 0.143. The first-order valence-electron chi connectivity index (χ1n) is 8.35. The van der Waals surface area contributed by atoms with Gasteiger partial charge in [-0.1, -0.05) is 23.7 Å². The summed E-state index contributed by atoms with van der Waals surface area (Å²) < 4.78 is 1.87. The Morgan fingerprint density at radius 2 is 1.86 bits per heavy atom. The van der Waals surface area contributed by atoms with E-state index >= 15 is 0 Å². The normalized spacial score (nSPS) is 10.3. The Morgan fingerprint density at radius 3 is 2.43 bits per heavy atom. The Bertz CT molecular complexity index is 1170. The van der Waals surface area contributed by atoms with Crippen LogP contribution in [0.2, 0.25) is 5.02 Å². The number of rotatable bonds is 4. The second kappa shape index (κ2) is 7.56. The first-order chi connectivity index (χ1) is 13.4. The standard InChI is InChI=1S/C21H15ClN4O2/c1-12-18(9-24)20(15-5-3-14(8-23)4-6-15)13(2)26(12)11-19-17(21(27)28)7-16(22)10-25-19/h3-7,10H,11H2,1-2H3,(H,27,28). The number of pyridine rings is 1. The van der Waals surface area contributed by atoms with Crippen LogP contribution in [0.25, 0.3) is 11.1 Å². The van der Waals surface area contributed by atoms with Crippen LogP contribution >= 0.6 is 11.6 Å². The molecular weight excluding hydrogens is 376 g/mol. The molecule has 1 aromatic carbocycles. The van der Waals surface area contributed by atoms with Crippen molar-refractivity contribution in [3.05, 3.63) is 75.3 Å². The Balaban J connectivity index is 2.14. The number of carboxylic acid groups (broad SMARTS) is 1. The summed E-state index contributed by atoms with van der Waals surface area (Å²) in [6, 6.07) is 12.7. The van der Waals surface area contributed by atoms with E-state index in [9.17, 15) is 15.2 Å². The molecule has 0 saturated heterocycles. The van der Waals surface area contributed by atoms with Crippen LogP contribution in [0.5, 0.6) is 0 Å². The van der Waals surface area contributed by atoms with Gasteiger partial charge in [0.05, 0.1) is 40.0 Å². The predicted molar refractivity (Wildman–Crippen MR) is 104 cm³/mol. The zero-order chi connectivity index (χ0) is 20.4. The van der Waals surface area contributed by atoms with Gasteiger partial charge in [-0.3, -0.25) is 4.98 Å². The number of benzene rings is 1. The molecule has 7 heteroatoms. The Morgan fingerprint density at radius 1 is 1.18 bits per heavy atom. The van der Waals surface area contributed by atoms with Crippen LogP contribution in [0.15, 0.2) is 36.5 Å². The molecule has 1 N–H and O–H groups in total. The van der Waals surface area contributed by atoms with E-state index in [1.54, 1.807) is 24.3 Å². The lowest BCUT2D eigenvalue weighted by Gasteiger charge is -2.11. The van der Waals surface area contributed by atoms with E-state index in [-0.39, 0.29) is 17.1 Å². The van der Waals surface area contributed by atoms with Gasteiger partial charge in [0.1, 0.15) is 6.07 Å². The molecule has 0 aliphatic carbocycles. The van der Waals surface area contributed by atoms with E-state index < -0.39 is 5.97 Å². The summed E-state index contributed by atoms with van der Waals surface area (Å²) in [5, 5.41) is 28.4. The summed E-state index contributed by atoms with van der Waals surface area (Å²) in [6.45, 7) is 3.88. The Kier molecular flexibility index (Phi) is 5.17. The van der Waals surface area contributed by atoms with Crippen LogP contribution in [-0.2, 0) is 6.54 Å². The molecule has 2 aromatic heterocycles. The lowest BCUT2D eigenvalue weighted by Crippen LogP contribution is -2.11. The second-order valence-electron chi connectivity index (χ2n) is 6.26. The first-order valence-corrected chi connectivity index (χ1v) is 8.73. The molecule has 0 saturated carbocycles. The van der Waals surface area contributed by atoms with Crippen molar-refractivity contribution in [2.75, 3.05) is 0 Å².